The average Bonchev–Trinajstić information content (AvgIpc) is 3.12. The molecule has 1 N–H and O–H groups in total. The Labute approximate surface area is 199 Å². The van der Waals surface area contributed by atoms with E-state index in [2.05, 4.69) is 0 Å². The molecule has 0 spiro atoms. The van der Waals surface area contributed by atoms with Gasteiger partial charge < -0.3 is 19.5 Å². The number of carbonyl (C=O) groups excluding carboxylic acids is 2. The lowest BCUT2D eigenvalue weighted by Crippen LogP contribution is -2.31. The topological polar surface area (TPSA) is 76.1 Å². The van der Waals surface area contributed by atoms with E-state index in [1.807, 2.05) is 67.6 Å². The molecule has 34 heavy (non-hydrogen) atoms. The Hall–Kier alpha value is -4.06. The summed E-state index contributed by atoms with van der Waals surface area (Å²) in [6.45, 7) is 2.24. The quantitative estimate of drug-likeness (QED) is 0.317. The smallest absolute Gasteiger partial charge is 0.295 e. The number of rotatable bonds is 7. The van der Waals surface area contributed by atoms with Crippen LogP contribution in [0.4, 0.5) is 0 Å². The molecule has 0 bridgehead atoms. The van der Waals surface area contributed by atoms with Crippen molar-refractivity contribution in [2.45, 2.75) is 19.4 Å². The van der Waals surface area contributed by atoms with Gasteiger partial charge in [0.2, 0.25) is 0 Å². The Morgan fingerprint density at radius 2 is 1.59 bits per heavy atom. The molecule has 6 nitrogen and oxygen atoms in total. The first kappa shape index (κ1) is 23.1. The molecule has 1 atom stereocenters. The van der Waals surface area contributed by atoms with Gasteiger partial charge in [-0.15, -0.1) is 0 Å². The molecule has 1 unspecified atom stereocenters. The van der Waals surface area contributed by atoms with Crippen molar-refractivity contribution in [3.05, 3.63) is 101 Å². The molecule has 6 heteroatoms. The van der Waals surface area contributed by atoms with Crippen LogP contribution in [0.15, 0.2) is 78.4 Å². The number of Topliss-reactive ketones (excluding diaryl/α,β-unsaturated/α-hetero) is 1. The molecule has 0 saturated carbocycles. The van der Waals surface area contributed by atoms with Crippen LogP contribution in [0.25, 0.3) is 5.76 Å². The van der Waals surface area contributed by atoms with Gasteiger partial charge in [0.15, 0.2) is 11.5 Å². The summed E-state index contributed by atoms with van der Waals surface area (Å²) in [6.07, 6.45) is 0.501. The molecule has 1 aliphatic heterocycles. The SMILES string of the molecule is COc1ccc(CCN2C(=O)C(=O)/C(=C(\O)c3ccc(C)cc3)C2c2ccccc2)cc1OC. The molecular weight excluding hydrogens is 430 g/mol. The number of ketones is 1. The van der Waals surface area contributed by atoms with E-state index in [1.165, 1.54) is 4.90 Å². The molecule has 0 aromatic heterocycles. The van der Waals surface area contributed by atoms with Crippen LogP contribution in [0.5, 0.6) is 11.5 Å². The fourth-order valence-corrected chi connectivity index (χ4v) is 4.25. The van der Waals surface area contributed by atoms with E-state index in [0.717, 1.165) is 16.7 Å². The van der Waals surface area contributed by atoms with Crippen LogP contribution in [0.3, 0.4) is 0 Å². The summed E-state index contributed by atoms with van der Waals surface area (Å²) in [7, 11) is 3.14. The predicted octanol–water partition coefficient (Wildman–Crippen LogP) is 4.68. The van der Waals surface area contributed by atoms with Gasteiger partial charge in [-0.3, -0.25) is 9.59 Å². The van der Waals surface area contributed by atoms with Gasteiger partial charge in [0.25, 0.3) is 11.7 Å². The number of ether oxygens (including phenoxy) is 2. The van der Waals surface area contributed by atoms with Crippen molar-refractivity contribution in [1.29, 1.82) is 0 Å². The van der Waals surface area contributed by atoms with Crippen LogP contribution < -0.4 is 9.47 Å². The number of carbonyl (C=O) groups is 2. The second-order valence-corrected chi connectivity index (χ2v) is 8.21. The van der Waals surface area contributed by atoms with E-state index >= 15 is 0 Å². The van der Waals surface area contributed by atoms with Crippen molar-refractivity contribution >= 4 is 17.4 Å². The first-order valence-electron chi connectivity index (χ1n) is 11.1. The van der Waals surface area contributed by atoms with Gasteiger partial charge in [0, 0.05) is 12.1 Å². The molecule has 4 rings (SSSR count). The summed E-state index contributed by atoms with van der Waals surface area (Å²) in [4.78, 5) is 27.8. The van der Waals surface area contributed by atoms with Crippen LogP contribution in [0.2, 0.25) is 0 Å². The number of aliphatic hydroxyl groups excluding tert-OH is 1. The maximum absolute atomic E-state index is 13.1. The van der Waals surface area contributed by atoms with E-state index in [9.17, 15) is 14.7 Å². The highest BCUT2D eigenvalue weighted by atomic mass is 16.5. The summed E-state index contributed by atoms with van der Waals surface area (Å²) < 4.78 is 10.7. The zero-order valence-electron chi connectivity index (χ0n) is 19.4. The summed E-state index contributed by atoms with van der Waals surface area (Å²) in [5, 5.41) is 11.1. The molecule has 0 aliphatic carbocycles. The molecule has 1 heterocycles. The third-order valence-corrected chi connectivity index (χ3v) is 6.07. The molecule has 1 saturated heterocycles. The van der Waals surface area contributed by atoms with Crippen molar-refractivity contribution in [3.63, 3.8) is 0 Å². The molecule has 0 radical (unpaired) electrons. The van der Waals surface area contributed by atoms with Crippen molar-refractivity contribution in [1.82, 2.24) is 4.90 Å². The van der Waals surface area contributed by atoms with Crippen molar-refractivity contribution in [3.8, 4) is 11.5 Å². The molecular formula is C28H27NO5. The standard InChI is InChI=1S/C28H27NO5/c1-18-9-12-21(13-10-18)26(30)24-25(20-7-5-4-6-8-20)29(28(32)27(24)31)16-15-19-11-14-22(33-2)23(17-19)34-3/h4-14,17,25,30H,15-16H2,1-3H3/b26-24-. The van der Waals surface area contributed by atoms with Crippen molar-refractivity contribution in [2.24, 2.45) is 0 Å². The maximum atomic E-state index is 13.1. The molecule has 3 aromatic carbocycles. The van der Waals surface area contributed by atoms with E-state index in [1.54, 1.807) is 26.4 Å². The van der Waals surface area contributed by atoms with Gasteiger partial charge in [-0.2, -0.15) is 0 Å². The van der Waals surface area contributed by atoms with Crippen LogP contribution in [-0.4, -0.2) is 42.5 Å². The van der Waals surface area contributed by atoms with Gasteiger partial charge in [0.05, 0.1) is 25.8 Å². The number of aliphatic hydroxyl groups is 1. The predicted molar refractivity (Wildman–Crippen MR) is 130 cm³/mol. The average molecular weight is 458 g/mol. The minimum Gasteiger partial charge on any atom is -0.507 e. The van der Waals surface area contributed by atoms with E-state index in [0.29, 0.717) is 30.0 Å². The number of benzene rings is 3. The number of hydrogen-bond donors (Lipinski definition) is 1. The number of aryl methyl sites for hydroxylation is 1. The normalized spacial score (nSPS) is 17.1. The van der Waals surface area contributed by atoms with Crippen molar-refractivity contribution in [2.75, 3.05) is 20.8 Å². The van der Waals surface area contributed by atoms with Gasteiger partial charge in [-0.25, -0.2) is 0 Å². The number of methoxy groups -OCH3 is 2. The Bertz CT molecular complexity index is 1230. The van der Waals surface area contributed by atoms with Crippen LogP contribution in [0, 0.1) is 6.92 Å². The maximum Gasteiger partial charge on any atom is 0.295 e. The largest absolute Gasteiger partial charge is 0.507 e. The zero-order chi connectivity index (χ0) is 24.2. The van der Waals surface area contributed by atoms with Gasteiger partial charge in [0.1, 0.15) is 5.76 Å². The summed E-state index contributed by atoms with van der Waals surface area (Å²) in [6, 6.07) is 21.4. The van der Waals surface area contributed by atoms with Crippen LogP contribution >= 0.6 is 0 Å². The van der Waals surface area contributed by atoms with E-state index < -0.39 is 17.7 Å². The number of nitrogens with zero attached hydrogens (tertiary/aromatic N) is 1. The summed E-state index contributed by atoms with van der Waals surface area (Å²) in [5.41, 5.74) is 3.34. The summed E-state index contributed by atoms with van der Waals surface area (Å²) in [5.74, 6) is -0.252. The molecule has 3 aromatic rings. The molecule has 1 aliphatic rings. The number of likely N-dealkylation sites (tertiary alicyclic amines) is 1. The Kier molecular flexibility index (Phi) is 6.68. The lowest BCUT2D eigenvalue weighted by Gasteiger charge is -2.25. The second-order valence-electron chi connectivity index (χ2n) is 8.21. The lowest BCUT2D eigenvalue weighted by molar-refractivity contribution is -0.139. The minimum absolute atomic E-state index is 0.104. The van der Waals surface area contributed by atoms with E-state index in [-0.39, 0.29) is 11.3 Å². The first-order chi connectivity index (χ1) is 16.4. The van der Waals surface area contributed by atoms with E-state index in [4.69, 9.17) is 9.47 Å². The first-order valence-corrected chi connectivity index (χ1v) is 11.1. The fraction of sp³-hybridized carbons (Fsp3) is 0.214. The van der Waals surface area contributed by atoms with Gasteiger partial charge in [-0.1, -0.05) is 66.2 Å². The van der Waals surface area contributed by atoms with Crippen molar-refractivity contribution < 1.29 is 24.2 Å². The lowest BCUT2D eigenvalue weighted by atomic mass is 9.95. The molecule has 1 fully saturated rings. The third kappa shape index (κ3) is 4.39. The fourth-order valence-electron chi connectivity index (χ4n) is 4.25. The number of amides is 1. The third-order valence-electron chi connectivity index (χ3n) is 6.07. The highest BCUT2D eigenvalue weighted by Crippen LogP contribution is 2.39. The van der Waals surface area contributed by atoms with Gasteiger partial charge >= 0.3 is 0 Å². The Morgan fingerprint density at radius 3 is 2.24 bits per heavy atom. The summed E-state index contributed by atoms with van der Waals surface area (Å²) >= 11 is 0. The Balaban J connectivity index is 1.72. The highest BCUT2D eigenvalue weighted by Gasteiger charge is 2.45. The van der Waals surface area contributed by atoms with Gasteiger partial charge in [-0.05, 0) is 36.6 Å². The second kappa shape index (κ2) is 9.83. The van der Waals surface area contributed by atoms with Crippen LogP contribution in [0.1, 0.15) is 28.3 Å². The highest BCUT2D eigenvalue weighted by molar-refractivity contribution is 6.46. The zero-order valence-corrected chi connectivity index (χ0v) is 19.4. The van der Waals surface area contributed by atoms with Crippen LogP contribution in [-0.2, 0) is 16.0 Å². The minimum atomic E-state index is -0.681. The monoisotopic (exact) mass is 457 g/mol. The Morgan fingerprint density at radius 1 is 0.912 bits per heavy atom. The number of hydrogen-bond acceptors (Lipinski definition) is 5. The molecule has 1 amide bonds. The molecule has 174 valence electrons.